The molecule has 0 saturated heterocycles. The Bertz CT molecular complexity index is 363. The standard InChI is InChI=1S/C11H14N2OS/c1-9(14)15-7-3-2-4-11-8-10(12)5-6-13-11/h2,4-6,8H,3,7H2,1H3,(H2,12,13). The first kappa shape index (κ1) is 11.8. The molecule has 1 aromatic rings. The first-order valence-electron chi connectivity index (χ1n) is 4.70. The largest absolute Gasteiger partial charge is 0.399 e. The average molecular weight is 222 g/mol. The van der Waals surface area contributed by atoms with Crippen molar-refractivity contribution < 1.29 is 4.79 Å². The zero-order valence-electron chi connectivity index (χ0n) is 8.64. The summed E-state index contributed by atoms with van der Waals surface area (Å²) < 4.78 is 0. The minimum atomic E-state index is 0.158. The number of thioether (sulfide) groups is 1. The summed E-state index contributed by atoms with van der Waals surface area (Å²) in [5, 5.41) is 0.158. The van der Waals surface area contributed by atoms with Gasteiger partial charge in [-0.2, -0.15) is 0 Å². The van der Waals surface area contributed by atoms with Gasteiger partial charge in [-0.25, -0.2) is 0 Å². The molecular weight excluding hydrogens is 208 g/mol. The SMILES string of the molecule is CC(=O)SCCC=Cc1cc(N)ccn1. The predicted molar refractivity (Wildman–Crippen MR) is 65.4 cm³/mol. The third kappa shape index (κ3) is 5.22. The Balaban J connectivity index is 2.35. The lowest BCUT2D eigenvalue weighted by atomic mass is 10.3. The first-order chi connectivity index (χ1) is 7.18. The maximum atomic E-state index is 10.6. The molecule has 0 amide bonds. The van der Waals surface area contributed by atoms with Crippen molar-refractivity contribution in [2.24, 2.45) is 0 Å². The van der Waals surface area contributed by atoms with Crippen molar-refractivity contribution in [3.05, 3.63) is 30.1 Å². The number of allylic oxidation sites excluding steroid dienone is 1. The summed E-state index contributed by atoms with van der Waals surface area (Å²) in [4.78, 5) is 14.8. The van der Waals surface area contributed by atoms with Crippen LogP contribution in [0.2, 0.25) is 0 Å². The van der Waals surface area contributed by atoms with Gasteiger partial charge >= 0.3 is 0 Å². The zero-order chi connectivity index (χ0) is 11.1. The third-order valence-electron chi connectivity index (χ3n) is 1.68. The molecule has 0 bridgehead atoms. The lowest BCUT2D eigenvalue weighted by Crippen LogP contribution is -1.87. The van der Waals surface area contributed by atoms with Gasteiger partial charge in [0, 0.05) is 24.6 Å². The molecule has 80 valence electrons. The quantitative estimate of drug-likeness (QED) is 0.794. The highest BCUT2D eigenvalue weighted by molar-refractivity contribution is 8.13. The van der Waals surface area contributed by atoms with Crippen LogP contribution in [0.15, 0.2) is 24.4 Å². The Kier molecular flexibility index (Phi) is 4.90. The first-order valence-corrected chi connectivity index (χ1v) is 5.68. The molecule has 0 fully saturated rings. The van der Waals surface area contributed by atoms with Crippen LogP contribution in [-0.4, -0.2) is 15.9 Å². The van der Waals surface area contributed by atoms with Gasteiger partial charge in [-0.15, -0.1) is 0 Å². The Labute approximate surface area is 93.8 Å². The number of anilines is 1. The molecule has 0 aliphatic heterocycles. The van der Waals surface area contributed by atoms with Crippen LogP contribution >= 0.6 is 11.8 Å². The van der Waals surface area contributed by atoms with Gasteiger partial charge in [-0.1, -0.05) is 17.8 Å². The zero-order valence-corrected chi connectivity index (χ0v) is 9.46. The number of rotatable bonds is 4. The van der Waals surface area contributed by atoms with E-state index in [9.17, 15) is 4.79 Å². The molecule has 3 nitrogen and oxygen atoms in total. The van der Waals surface area contributed by atoms with Crippen LogP contribution in [0.1, 0.15) is 19.0 Å². The second-order valence-electron chi connectivity index (χ2n) is 3.05. The van der Waals surface area contributed by atoms with E-state index in [2.05, 4.69) is 4.98 Å². The molecule has 1 aromatic heterocycles. The maximum Gasteiger partial charge on any atom is 0.185 e. The van der Waals surface area contributed by atoms with Gasteiger partial charge in [0.2, 0.25) is 0 Å². The van der Waals surface area contributed by atoms with Gasteiger partial charge in [-0.05, 0) is 24.6 Å². The lowest BCUT2D eigenvalue weighted by Gasteiger charge is -1.95. The molecule has 1 heterocycles. The summed E-state index contributed by atoms with van der Waals surface area (Å²) in [6.45, 7) is 1.58. The van der Waals surface area contributed by atoms with Crippen molar-refractivity contribution >= 4 is 28.6 Å². The summed E-state index contributed by atoms with van der Waals surface area (Å²) in [6.07, 6.45) is 6.45. The van der Waals surface area contributed by atoms with Gasteiger partial charge in [0.05, 0.1) is 5.69 Å². The Morgan fingerprint density at radius 2 is 2.47 bits per heavy atom. The molecular formula is C11H14N2OS. The summed E-state index contributed by atoms with van der Waals surface area (Å²) in [6, 6.07) is 3.57. The normalized spacial score (nSPS) is 10.7. The Hall–Kier alpha value is -1.29. The van der Waals surface area contributed by atoms with Crippen LogP contribution in [0.5, 0.6) is 0 Å². The van der Waals surface area contributed by atoms with E-state index in [0.717, 1.165) is 17.9 Å². The molecule has 0 aromatic carbocycles. The number of hydrogen-bond acceptors (Lipinski definition) is 4. The predicted octanol–water partition coefficient (Wildman–Crippen LogP) is 2.35. The van der Waals surface area contributed by atoms with Crippen LogP contribution in [0, 0.1) is 0 Å². The number of nitrogen functional groups attached to an aromatic ring is 1. The van der Waals surface area contributed by atoms with Gasteiger partial charge in [0.1, 0.15) is 0 Å². The summed E-state index contributed by atoms with van der Waals surface area (Å²) in [5.74, 6) is 0.814. The van der Waals surface area contributed by atoms with Gasteiger partial charge in [-0.3, -0.25) is 9.78 Å². The second-order valence-corrected chi connectivity index (χ2v) is 4.32. The van der Waals surface area contributed by atoms with Crippen molar-refractivity contribution in [2.75, 3.05) is 11.5 Å². The fourth-order valence-electron chi connectivity index (χ4n) is 1.03. The third-order valence-corrected chi connectivity index (χ3v) is 2.53. The molecule has 0 saturated carbocycles. The molecule has 0 unspecified atom stereocenters. The number of hydrogen-bond donors (Lipinski definition) is 1. The Morgan fingerprint density at radius 3 is 3.13 bits per heavy atom. The molecule has 0 aliphatic carbocycles. The molecule has 1 rings (SSSR count). The number of nitrogens with zero attached hydrogens (tertiary/aromatic N) is 1. The van der Waals surface area contributed by atoms with E-state index >= 15 is 0 Å². The Morgan fingerprint density at radius 1 is 1.67 bits per heavy atom. The van der Waals surface area contributed by atoms with E-state index < -0.39 is 0 Å². The monoisotopic (exact) mass is 222 g/mol. The summed E-state index contributed by atoms with van der Waals surface area (Å²) in [5.41, 5.74) is 7.17. The van der Waals surface area contributed by atoms with Gasteiger partial charge in [0.15, 0.2) is 5.12 Å². The summed E-state index contributed by atoms with van der Waals surface area (Å²) >= 11 is 1.33. The topological polar surface area (TPSA) is 56.0 Å². The van der Waals surface area contributed by atoms with Crippen molar-refractivity contribution in [3.8, 4) is 0 Å². The van der Waals surface area contributed by atoms with Crippen molar-refractivity contribution in [3.63, 3.8) is 0 Å². The van der Waals surface area contributed by atoms with E-state index in [1.54, 1.807) is 19.2 Å². The van der Waals surface area contributed by atoms with Crippen molar-refractivity contribution in [1.82, 2.24) is 4.98 Å². The van der Waals surface area contributed by atoms with E-state index in [4.69, 9.17) is 5.73 Å². The number of carbonyl (C=O) groups excluding carboxylic acids is 1. The molecule has 4 heteroatoms. The molecule has 2 N–H and O–H groups in total. The molecule has 0 aliphatic rings. The molecule has 0 atom stereocenters. The fraction of sp³-hybridized carbons (Fsp3) is 0.273. The van der Waals surface area contributed by atoms with Crippen LogP contribution in [0.3, 0.4) is 0 Å². The molecule has 15 heavy (non-hydrogen) atoms. The highest BCUT2D eigenvalue weighted by Gasteiger charge is 1.92. The van der Waals surface area contributed by atoms with E-state index in [1.807, 2.05) is 18.2 Å². The minimum Gasteiger partial charge on any atom is -0.399 e. The van der Waals surface area contributed by atoms with E-state index in [0.29, 0.717) is 5.69 Å². The van der Waals surface area contributed by atoms with Crippen molar-refractivity contribution in [2.45, 2.75) is 13.3 Å². The number of pyridine rings is 1. The van der Waals surface area contributed by atoms with Crippen LogP contribution in [-0.2, 0) is 4.79 Å². The maximum absolute atomic E-state index is 10.6. The number of carbonyl (C=O) groups is 1. The van der Waals surface area contributed by atoms with E-state index in [-0.39, 0.29) is 5.12 Å². The summed E-state index contributed by atoms with van der Waals surface area (Å²) in [7, 11) is 0. The lowest BCUT2D eigenvalue weighted by molar-refractivity contribution is -0.109. The number of aromatic nitrogens is 1. The van der Waals surface area contributed by atoms with Crippen LogP contribution in [0.4, 0.5) is 5.69 Å². The van der Waals surface area contributed by atoms with Crippen LogP contribution in [0.25, 0.3) is 6.08 Å². The fourth-order valence-corrected chi connectivity index (χ4v) is 1.57. The van der Waals surface area contributed by atoms with Gasteiger partial charge < -0.3 is 5.73 Å². The highest BCUT2D eigenvalue weighted by Crippen LogP contribution is 2.07. The average Bonchev–Trinajstić information content (AvgIpc) is 2.17. The molecule has 0 spiro atoms. The van der Waals surface area contributed by atoms with Crippen LogP contribution < -0.4 is 5.73 Å². The smallest absolute Gasteiger partial charge is 0.185 e. The van der Waals surface area contributed by atoms with E-state index in [1.165, 1.54) is 11.8 Å². The molecule has 0 radical (unpaired) electrons. The van der Waals surface area contributed by atoms with Gasteiger partial charge in [0.25, 0.3) is 0 Å². The number of nitrogens with two attached hydrogens (primary N) is 1. The highest BCUT2D eigenvalue weighted by atomic mass is 32.2. The van der Waals surface area contributed by atoms with Crippen molar-refractivity contribution in [1.29, 1.82) is 0 Å². The second kappa shape index (κ2) is 6.24. The minimum absolute atomic E-state index is 0.158.